The predicted octanol–water partition coefficient (Wildman–Crippen LogP) is 3.19. The molecular formula is C21H32N2O3S. The third kappa shape index (κ3) is 4.72. The van der Waals surface area contributed by atoms with Crippen molar-refractivity contribution in [2.24, 2.45) is 5.92 Å². The van der Waals surface area contributed by atoms with Crippen LogP contribution in [0.3, 0.4) is 0 Å². The molecule has 0 saturated carbocycles. The van der Waals surface area contributed by atoms with Gasteiger partial charge in [-0.05, 0) is 68.6 Å². The van der Waals surface area contributed by atoms with Crippen LogP contribution in [-0.4, -0.2) is 37.5 Å². The largest absolute Gasteiger partial charge is 0.349 e. The predicted molar refractivity (Wildman–Crippen MR) is 108 cm³/mol. The Morgan fingerprint density at radius 1 is 1.19 bits per heavy atom. The van der Waals surface area contributed by atoms with Crippen molar-refractivity contribution in [3.05, 3.63) is 34.9 Å². The summed E-state index contributed by atoms with van der Waals surface area (Å²) in [6.07, 6.45) is 7.11. The van der Waals surface area contributed by atoms with Gasteiger partial charge in [0.25, 0.3) is 0 Å². The molecule has 2 aliphatic rings. The Labute approximate surface area is 163 Å². The van der Waals surface area contributed by atoms with Crippen molar-refractivity contribution in [1.29, 1.82) is 0 Å². The number of nitrogens with zero attached hydrogens (tertiary/aromatic N) is 1. The minimum absolute atomic E-state index is 0.0112. The van der Waals surface area contributed by atoms with Crippen LogP contribution < -0.4 is 5.32 Å². The van der Waals surface area contributed by atoms with Crippen molar-refractivity contribution in [3.8, 4) is 0 Å². The zero-order chi connectivity index (χ0) is 19.4. The zero-order valence-corrected chi connectivity index (χ0v) is 17.4. The van der Waals surface area contributed by atoms with E-state index in [1.807, 2.05) is 0 Å². The van der Waals surface area contributed by atoms with Gasteiger partial charge in [0, 0.05) is 13.1 Å². The summed E-state index contributed by atoms with van der Waals surface area (Å²) < 4.78 is 25.8. The molecule has 3 rings (SSSR count). The molecule has 0 radical (unpaired) electrons. The fraction of sp³-hybridized carbons (Fsp3) is 0.667. The van der Waals surface area contributed by atoms with E-state index < -0.39 is 10.0 Å². The van der Waals surface area contributed by atoms with Crippen LogP contribution in [0.25, 0.3) is 0 Å². The van der Waals surface area contributed by atoms with Gasteiger partial charge >= 0.3 is 0 Å². The molecule has 2 atom stereocenters. The second-order valence-electron chi connectivity index (χ2n) is 7.80. The second-order valence-corrected chi connectivity index (χ2v) is 10.1. The lowest BCUT2D eigenvalue weighted by atomic mass is 9.88. The van der Waals surface area contributed by atoms with E-state index in [1.165, 1.54) is 33.8 Å². The topological polar surface area (TPSA) is 66.5 Å². The van der Waals surface area contributed by atoms with Crippen LogP contribution in [0.2, 0.25) is 0 Å². The Balaban J connectivity index is 1.68. The number of fused-ring (bicyclic) bond motifs is 1. The molecule has 1 fully saturated rings. The third-order valence-electron chi connectivity index (χ3n) is 6.01. The van der Waals surface area contributed by atoms with E-state index in [4.69, 9.17) is 0 Å². The molecule has 1 saturated heterocycles. The molecule has 0 bridgehead atoms. The number of hydrogen-bond donors (Lipinski definition) is 1. The van der Waals surface area contributed by atoms with Gasteiger partial charge in [-0.2, -0.15) is 0 Å². The Morgan fingerprint density at radius 2 is 1.93 bits per heavy atom. The molecule has 5 nitrogen and oxygen atoms in total. The van der Waals surface area contributed by atoms with Crippen LogP contribution in [-0.2, 0) is 27.7 Å². The fourth-order valence-electron chi connectivity index (χ4n) is 4.27. The molecular weight excluding hydrogens is 360 g/mol. The first-order valence-corrected chi connectivity index (χ1v) is 12.0. The number of hydrogen-bond acceptors (Lipinski definition) is 3. The van der Waals surface area contributed by atoms with E-state index in [1.54, 1.807) is 6.92 Å². The molecule has 150 valence electrons. The van der Waals surface area contributed by atoms with Crippen molar-refractivity contribution in [2.75, 3.05) is 18.8 Å². The quantitative estimate of drug-likeness (QED) is 0.808. The van der Waals surface area contributed by atoms with E-state index in [0.717, 1.165) is 32.1 Å². The standard InChI is InChI=1S/C21H32N2O3S/c1-3-20(18-12-11-16-8-5-6-9-17(16)14-18)22-21(24)19-10-7-13-23(15-19)27(25,26)4-2/h11-12,14,19-20H,3-10,13,15H2,1-2H3,(H,22,24)/t19-,20+/m1/s1. The first-order valence-electron chi connectivity index (χ1n) is 10.3. The monoisotopic (exact) mass is 392 g/mol. The highest BCUT2D eigenvalue weighted by Gasteiger charge is 2.32. The van der Waals surface area contributed by atoms with E-state index in [0.29, 0.717) is 13.1 Å². The van der Waals surface area contributed by atoms with E-state index >= 15 is 0 Å². The lowest BCUT2D eigenvalue weighted by molar-refractivity contribution is -0.126. The van der Waals surface area contributed by atoms with Crippen LogP contribution in [0.1, 0.15) is 68.7 Å². The van der Waals surface area contributed by atoms with Gasteiger partial charge in [-0.25, -0.2) is 12.7 Å². The van der Waals surface area contributed by atoms with E-state index in [2.05, 4.69) is 30.4 Å². The van der Waals surface area contributed by atoms with Crippen molar-refractivity contribution >= 4 is 15.9 Å². The minimum Gasteiger partial charge on any atom is -0.349 e. The van der Waals surface area contributed by atoms with E-state index in [9.17, 15) is 13.2 Å². The van der Waals surface area contributed by atoms with Gasteiger partial charge < -0.3 is 5.32 Å². The maximum absolute atomic E-state index is 12.9. The van der Waals surface area contributed by atoms with Crippen LogP contribution >= 0.6 is 0 Å². The highest BCUT2D eigenvalue weighted by molar-refractivity contribution is 7.89. The van der Waals surface area contributed by atoms with Crippen LogP contribution in [0.5, 0.6) is 0 Å². The highest BCUT2D eigenvalue weighted by atomic mass is 32.2. The molecule has 6 heteroatoms. The summed E-state index contributed by atoms with van der Waals surface area (Å²) in [7, 11) is -3.23. The van der Waals surface area contributed by atoms with Gasteiger partial charge in [0.1, 0.15) is 0 Å². The summed E-state index contributed by atoms with van der Waals surface area (Å²) in [6, 6.07) is 6.61. The molecule has 1 N–H and O–H groups in total. The first kappa shape index (κ1) is 20.3. The second kappa shape index (κ2) is 8.74. The van der Waals surface area contributed by atoms with Gasteiger partial charge in [-0.1, -0.05) is 25.1 Å². The van der Waals surface area contributed by atoms with Crippen LogP contribution in [0.15, 0.2) is 18.2 Å². The third-order valence-corrected chi connectivity index (χ3v) is 7.86. The minimum atomic E-state index is -3.23. The summed E-state index contributed by atoms with van der Waals surface area (Å²) in [5.41, 5.74) is 4.03. The van der Waals surface area contributed by atoms with Gasteiger partial charge in [0.15, 0.2) is 0 Å². The molecule has 1 amide bonds. The Kier molecular flexibility index (Phi) is 6.58. The molecule has 1 aliphatic carbocycles. The highest BCUT2D eigenvalue weighted by Crippen LogP contribution is 2.27. The lowest BCUT2D eigenvalue weighted by Gasteiger charge is -2.32. The summed E-state index contributed by atoms with van der Waals surface area (Å²) in [5.74, 6) is -0.184. The number of amides is 1. The number of nitrogens with one attached hydrogen (secondary N) is 1. The normalized spacial score (nSPS) is 22.1. The molecule has 0 aromatic heterocycles. The zero-order valence-electron chi connectivity index (χ0n) is 16.5. The number of sulfonamides is 1. The van der Waals surface area contributed by atoms with Gasteiger partial charge in [0.05, 0.1) is 17.7 Å². The van der Waals surface area contributed by atoms with Gasteiger partial charge in [0.2, 0.25) is 15.9 Å². The summed E-state index contributed by atoms with van der Waals surface area (Å²) in [4.78, 5) is 12.9. The number of benzene rings is 1. The molecule has 1 aromatic rings. The average Bonchev–Trinajstić information content (AvgIpc) is 2.71. The molecule has 0 unspecified atom stereocenters. The van der Waals surface area contributed by atoms with Gasteiger partial charge in [-0.3, -0.25) is 4.79 Å². The number of rotatable bonds is 6. The molecule has 1 aromatic carbocycles. The van der Waals surface area contributed by atoms with Gasteiger partial charge in [-0.15, -0.1) is 0 Å². The number of piperidine rings is 1. The fourth-order valence-corrected chi connectivity index (χ4v) is 5.45. The average molecular weight is 393 g/mol. The van der Waals surface area contributed by atoms with Crippen LogP contribution in [0.4, 0.5) is 0 Å². The maximum Gasteiger partial charge on any atom is 0.224 e. The Hall–Kier alpha value is -1.40. The van der Waals surface area contributed by atoms with Crippen molar-refractivity contribution in [1.82, 2.24) is 9.62 Å². The smallest absolute Gasteiger partial charge is 0.224 e. The summed E-state index contributed by atoms with van der Waals surface area (Å²) in [6.45, 7) is 4.58. The molecule has 0 spiro atoms. The summed E-state index contributed by atoms with van der Waals surface area (Å²) >= 11 is 0. The van der Waals surface area contributed by atoms with Crippen molar-refractivity contribution < 1.29 is 13.2 Å². The maximum atomic E-state index is 12.9. The van der Waals surface area contributed by atoms with E-state index in [-0.39, 0.29) is 23.6 Å². The van der Waals surface area contributed by atoms with Crippen molar-refractivity contribution in [2.45, 2.75) is 64.8 Å². The number of aryl methyl sites for hydroxylation is 2. The Bertz CT molecular complexity index is 776. The molecule has 1 aliphatic heterocycles. The molecule has 27 heavy (non-hydrogen) atoms. The van der Waals surface area contributed by atoms with Crippen molar-refractivity contribution in [3.63, 3.8) is 0 Å². The first-order chi connectivity index (χ1) is 12.9. The van der Waals surface area contributed by atoms with Crippen LogP contribution in [0, 0.1) is 5.92 Å². The lowest BCUT2D eigenvalue weighted by Crippen LogP contribution is -2.46. The SMILES string of the molecule is CC[C@H](NC(=O)[C@@H]1CCCN(S(=O)(=O)CC)C1)c1ccc2c(c1)CCCC2. The molecule has 1 heterocycles. The Morgan fingerprint density at radius 3 is 2.63 bits per heavy atom. The number of carbonyl (C=O) groups excluding carboxylic acids is 1. The number of carbonyl (C=O) groups is 1. The summed E-state index contributed by atoms with van der Waals surface area (Å²) in [5, 5.41) is 3.19.